The van der Waals surface area contributed by atoms with Crippen LogP contribution in [0.3, 0.4) is 0 Å². The molecule has 0 saturated carbocycles. The van der Waals surface area contributed by atoms with Crippen LogP contribution in [0.25, 0.3) is 0 Å². The smallest absolute Gasteiger partial charge is 0.258 e. The number of rotatable bonds is 5. The van der Waals surface area contributed by atoms with Gasteiger partial charge < -0.3 is 10.1 Å². The first-order valence-electron chi connectivity index (χ1n) is 7.11. The van der Waals surface area contributed by atoms with Crippen LogP contribution in [-0.2, 0) is 4.79 Å². The Balaban J connectivity index is 1.89. The van der Waals surface area contributed by atoms with E-state index in [0.29, 0.717) is 0 Å². The Morgan fingerprint density at radius 2 is 1.81 bits per heavy atom. The highest BCUT2D eigenvalue weighted by Gasteiger charge is 2.10. The predicted molar refractivity (Wildman–Crippen MR) is 84.4 cm³/mol. The summed E-state index contributed by atoms with van der Waals surface area (Å²) >= 11 is 0. The van der Waals surface area contributed by atoms with E-state index < -0.39 is 0 Å². The summed E-state index contributed by atoms with van der Waals surface area (Å²) in [7, 11) is 0. The molecule has 0 aliphatic heterocycles. The number of hydrogen-bond donors (Lipinski definition) is 1. The van der Waals surface area contributed by atoms with E-state index in [4.69, 9.17) is 4.74 Å². The van der Waals surface area contributed by atoms with Crippen LogP contribution in [0, 0.1) is 13.8 Å². The standard InChI is InChI=1S/C18H21NO2/c1-13-8-7-11-17(14(13)2)21-12-18(20)19-15(3)16-9-5-4-6-10-16/h4-11,15H,12H2,1-3H3,(H,19,20)/t15-/m0/s1. The van der Waals surface area contributed by atoms with Crippen LogP contribution in [0.4, 0.5) is 0 Å². The van der Waals surface area contributed by atoms with E-state index in [1.807, 2.05) is 69.3 Å². The summed E-state index contributed by atoms with van der Waals surface area (Å²) in [6.45, 7) is 6.02. The van der Waals surface area contributed by atoms with Crippen molar-refractivity contribution in [3.8, 4) is 5.75 Å². The highest BCUT2D eigenvalue weighted by molar-refractivity contribution is 5.78. The van der Waals surface area contributed by atoms with Crippen LogP contribution in [0.2, 0.25) is 0 Å². The number of aryl methyl sites for hydroxylation is 1. The van der Waals surface area contributed by atoms with Crippen LogP contribution in [0.15, 0.2) is 48.5 Å². The average molecular weight is 283 g/mol. The summed E-state index contributed by atoms with van der Waals surface area (Å²) in [4.78, 5) is 12.0. The zero-order valence-electron chi connectivity index (χ0n) is 12.7. The van der Waals surface area contributed by atoms with Crippen molar-refractivity contribution in [1.29, 1.82) is 0 Å². The fourth-order valence-electron chi connectivity index (χ4n) is 2.13. The molecular weight excluding hydrogens is 262 g/mol. The van der Waals surface area contributed by atoms with Gasteiger partial charge in [0.2, 0.25) is 0 Å². The number of benzene rings is 2. The number of hydrogen-bond acceptors (Lipinski definition) is 2. The lowest BCUT2D eigenvalue weighted by Gasteiger charge is -2.15. The van der Waals surface area contributed by atoms with Crippen molar-refractivity contribution in [3.05, 3.63) is 65.2 Å². The summed E-state index contributed by atoms with van der Waals surface area (Å²) < 4.78 is 5.60. The minimum atomic E-state index is -0.118. The molecule has 2 aromatic carbocycles. The van der Waals surface area contributed by atoms with E-state index >= 15 is 0 Å². The minimum absolute atomic E-state index is 0.0269. The lowest BCUT2D eigenvalue weighted by atomic mass is 10.1. The Hall–Kier alpha value is -2.29. The van der Waals surface area contributed by atoms with Crippen molar-refractivity contribution in [3.63, 3.8) is 0 Å². The van der Waals surface area contributed by atoms with Crippen molar-refractivity contribution in [2.75, 3.05) is 6.61 Å². The molecule has 0 heterocycles. The van der Waals surface area contributed by atoms with Gasteiger partial charge in [0, 0.05) is 0 Å². The Kier molecular flexibility index (Phi) is 4.99. The van der Waals surface area contributed by atoms with Gasteiger partial charge in [-0.05, 0) is 43.5 Å². The zero-order chi connectivity index (χ0) is 15.2. The second-order valence-electron chi connectivity index (χ2n) is 5.19. The molecule has 1 amide bonds. The lowest BCUT2D eigenvalue weighted by Crippen LogP contribution is -2.31. The number of ether oxygens (including phenoxy) is 1. The Bertz CT molecular complexity index is 608. The van der Waals surface area contributed by atoms with Crippen LogP contribution < -0.4 is 10.1 Å². The predicted octanol–water partition coefficient (Wildman–Crippen LogP) is 3.56. The van der Waals surface area contributed by atoms with Crippen molar-refractivity contribution < 1.29 is 9.53 Å². The molecule has 0 aromatic heterocycles. The number of amides is 1. The molecule has 1 atom stereocenters. The second-order valence-corrected chi connectivity index (χ2v) is 5.19. The van der Waals surface area contributed by atoms with Gasteiger partial charge >= 0.3 is 0 Å². The molecule has 0 aliphatic carbocycles. The maximum atomic E-state index is 12.0. The molecule has 3 nitrogen and oxygen atoms in total. The molecule has 0 unspecified atom stereocenters. The molecule has 21 heavy (non-hydrogen) atoms. The Labute approximate surface area is 126 Å². The van der Waals surface area contributed by atoms with Crippen LogP contribution in [0.1, 0.15) is 29.7 Å². The molecule has 2 aromatic rings. The summed E-state index contributed by atoms with van der Waals surface area (Å²) in [6, 6.07) is 15.7. The van der Waals surface area contributed by atoms with E-state index in [2.05, 4.69) is 5.32 Å². The minimum Gasteiger partial charge on any atom is -0.483 e. The Morgan fingerprint density at radius 3 is 2.52 bits per heavy atom. The zero-order valence-corrected chi connectivity index (χ0v) is 12.7. The van der Waals surface area contributed by atoms with Gasteiger partial charge in [0.05, 0.1) is 6.04 Å². The summed E-state index contributed by atoms with van der Waals surface area (Å²) in [5, 5.41) is 2.94. The van der Waals surface area contributed by atoms with Gasteiger partial charge in [-0.2, -0.15) is 0 Å². The normalized spacial score (nSPS) is 11.8. The van der Waals surface area contributed by atoms with Gasteiger partial charge in [0.25, 0.3) is 5.91 Å². The van der Waals surface area contributed by atoms with Crippen molar-refractivity contribution in [2.24, 2.45) is 0 Å². The number of carbonyl (C=O) groups is 1. The molecule has 0 spiro atoms. The van der Waals surface area contributed by atoms with Crippen LogP contribution in [0.5, 0.6) is 5.75 Å². The van der Waals surface area contributed by atoms with E-state index in [9.17, 15) is 4.79 Å². The largest absolute Gasteiger partial charge is 0.483 e. The molecule has 0 aliphatic rings. The van der Waals surface area contributed by atoms with Gasteiger partial charge in [-0.15, -0.1) is 0 Å². The first-order valence-corrected chi connectivity index (χ1v) is 7.11. The maximum absolute atomic E-state index is 12.0. The molecule has 110 valence electrons. The van der Waals surface area contributed by atoms with Crippen molar-refractivity contribution in [2.45, 2.75) is 26.8 Å². The van der Waals surface area contributed by atoms with Crippen LogP contribution in [-0.4, -0.2) is 12.5 Å². The number of carbonyl (C=O) groups excluding carboxylic acids is 1. The third-order valence-corrected chi connectivity index (χ3v) is 3.59. The van der Waals surface area contributed by atoms with Gasteiger partial charge in [-0.25, -0.2) is 0 Å². The molecule has 1 N–H and O–H groups in total. The van der Waals surface area contributed by atoms with Gasteiger partial charge in [0.15, 0.2) is 6.61 Å². The first-order chi connectivity index (χ1) is 10.1. The SMILES string of the molecule is Cc1cccc(OCC(=O)N[C@@H](C)c2ccccc2)c1C. The summed E-state index contributed by atoms with van der Waals surface area (Å²) in [5.41, 5.74) is 3.31. The lowest BCUT2D eigenvalue weighted by molar-refractivity contribution is -0.123. The second kappa shape index (κ2) is 6.93. The van der Waals surface area contributed by atoms with E-state index in [0.717, 1.165) is 22.4 Å². The van der Waals surface area contributed by atoms with Crippen LogP contribution >= 0.6 is 0 Å². The molecule has 0 radical (unpaired) electrons. The third kappa shape index (κ3) is 4.09. The van der Waals surface area contributed by atoms with E-state index in [-0.39, 0.29) is 18.6 Å². The van der Waals surface area contributed by atoms with E-state index in [1.165, 1.54) is 0 Å². The van der Waals surface area contributed by atoms with E-state index in [1.54, 1.807) is 0 Å². The van der Waals surface area contributed by atoms with Gasteiger partial charge in [-0.1, -0.05) is 42.5 Å². The van der Waals surface area contributed by atoms with Gasteiger partial charge in [-0.3, -0.25) is 4.79 Å². The molecule has 0 saturated heterocycles. The molecular formula is C18H21NO2. The van der Waals surface area contributed by atoms with Crippen molar-refractivity contribution in [1.82, 2.24) is 5.32 Å². The molecule has 0 bridgehead atoms. The highest BCUT2D eigenvalue weighted by Crippen LogP contribution is 2.20. The third-order valence-electron chi connectivity index (χ3n) is 3.59. The topological polar surface area (TPSA) is 38.3 Å². The fraction of sp³-hybridized carbons (Fsp3) is 0.278. The number of nitrogens with one attached hydrogen (secondary N) is 1. The van der Waals surface area contributed by atoms with Crippen molar-refractivity contribution >= 4 is 5.91 Å². The quantitative estimate of drug-likeness (QED) is 0.911. The van der Waals surface area contributed by atoms with Gasteiger partial charge in [0.1, 0.15) is 5.75 Å². The fourth-order valence-corrected chi connectivity index (χ4v) is 2.13. The molecule has 2 rings (SSSR count). The first kappa shape index (κ1) is 15.1. The maximum Gasteiger partial charge on any atom is 0.258 e. The highest BCUT2D eigenvalue weighted by atomic mass is 16.5. The summed E-state index contributed by atoms with van der Waals surface area (Å²) in [5.74, 6) is 0.643. The summed E-state index contributed by atoms with van der Waals surface area (Å²) in [6.07, 6.45) is 0. The molecule has 0 fully saturated rings. The molecule has 3 heteroatoms. The monoisotopic (exact) mass is 283 g/mol. The average Bonchev–Trinajstić information content (AvgIpc) is 2.49. The Morgan fingerprint density at radius 1 is 1.10 bits per heavy atom.